The van der Waals surface area contributed by atoms with E-state index in [1.54, 1.807) is 0 Å². The Morgan fingerprint density at radius 1 is 1.36 bits per heavy atom. The third kappa shape index (κ3) is 1.91. The van der Waals surface area contributed by atoms with Gasteiger partial charge >= 0.3 is 0 Å². The average molecular weight is 162 g/mol. The minimum atomic E-state index is 0.406. The van der Waals surface area contributed by atoms with E-state index in [2.05, 4.69) is 34.6 Å². The van der Waals surface area contributed by atoms with E-state index in [1.807, 2.05) is 19.2 Å². The standard InChI is InChI=1S/C9H12NSi/c1-7(10-2)8-5-3-4-6-9(8)11/h3-7,10H,1-2H3. The largest absolute Gasteiger partial charge is 0.313 e. The van der Waals surface area contributed by atoms with Crippen molar-refractivity contribution in [1.82, 2.24) is 5.32 Å². The molecule has 3 radical (unpaired) electrons. The summed E-state index contributed by atoms with van der Waals surface area (Å²) in [6.45, 7) is 2.14. The summed E-state index contributed by atoms with van der Waals surface area (Å²) in [6, 6.07) is 8.65. The molecule has 0 heterocycles. The van der Waals surface area contributed by atoms with E-state index < -0.39 is 0 Å². The van der Waals surface area contributed by atoms with Gasteiger partial charge in [-0.2, -0.15) is 0 Å². The highest BCUT2D eigenvalue weighted by Gasteiger charge is 2.02. The molecule has 0 spiro atoms. The van der Waals surface area contributed by atoms with Gasteiger partial charge in [-0.15, -0.1) is 0 Å². The number of rotatable bonds is 2. The van der Waals surface area contributed by atoms with E-state index in [4.69, 9.17) is 0 Å². The number of benzene rings is 1. The lowest BCUT2D eigenvalue weighted by Crippen LogP contribution is -2.20. The zero-order valence-electron chi connectivity index (χ0n) is 6.89. The van der Waals surface area contributed by atoms with Crippen LogP contribution < -0.4 is 10.5 Å². The molecule has 0 bridgehead atoms. The number of hydrogen-bond acceptors (Lipinski definition) is 1. The molecule has 11 heavy (non-hydrogen) atoms. The van der Waals surface area contributed by atoms with Crippen LogP contribution in [-0.2, 0) is 0 Å². The van der Waals surface area contributed by atoms with Crippen molar-refractivity contribution >= 4 is 15.4 Å². The van der Waals surface area contributed by atoms with Gasteiger partial charge in [0.1, 0.15) is 0 Å². The van der Waals surface area contributed by atoms with Gasteiger partial charge in [-0.25, -0.2) is 0 Å². The second-order valence-corrected chi connectivity index (χ2v) is 3.14. The highest BCUT2D eigenvalue weighted by Crippen LogP contribution is 2.06. The van der Waals surface area contributed by atoms with Gasteiger partial charge < -0.3 is 5.32 Å². The second-order valence-electron chi connectivity index (χ2n) is 2.60. The predicted octanol–water partition coefficient (Wildman–Crippen LogP) is 0.761. The molecule has 1 unspecified atom stereocenters. The maximum atomic E-state index is 3.55. The predicted molar refractivity (Wildman–Crippen MR) is 49.3 cm³/mol. The summed E-state index contributed by atoms with van der Waals surface area (Å²) < 4.78 is 0. The molecule has 0 amide bonds. The third-order valence-electron chi connectivity index (χ3n) is 1.86. The van der Waals surface area contributed by atoms with Crippen molar-refractivity contribution in [3.8, 4) is 0 Å². The minimum Gasteiger partial charge on any atom is -0.313 e. The van der Waals surface area contributed by atoms with Crippen molar-refractivity contribution in [3.63, 3.8) is 0 Å². The summed E-state index contributed by atoms with van der Waals surface area (Å²) in [4.78, 5) is 0. The van der Waals surface area contributed by atoms with Crippen LogP contribution in [-0.4, -0.2) is 17.3 Å². The van der Waals surface area contributed by atoms with E-state index in [1.165, 1.54) is 5.56 Å². The van der Waals surface area contributed by atoms with E-state index in [0.717, 1.165) is 5.19 Å². The Hall–Kier alpha value is -0.603. The van der Waals surface area contributed by atoms with Crippen LogP contribution in [0.4, 0.5) is 0 Å². The molecule has 0 aliphatic carbocycles. The first-order valence-electron chi connectivity index (χ1n) is 3.73. The van der Waals surface area contributed by atoms with Gasteiger partial charge in [0.05, 0.1) is 10.2 Å². The van der Waals surface area contributed by atoms with E-state index in [-0.39, 0.29) is 0 Å². The molecule has 57 valence electrons. The van der Waals surface area contributed by atoms with Crippen molar-refractivity contribution in [2.45, 2.75) is 13.0 Å². The summed E-state index contributed by atoms with van der Waals surface area (Å²) in [7, 11) is 5.51. The highest BCUT2D eigenvalue weighted by molar-refractivity contribution is 6.33. The summed E-state index contributed by atoms with van der Waals surface area (Å²) in [5, 5.41) is 4.35. The molecule has 1 N–H and O–H groups in total. The monoisotopic (exact) mass is 162 g/mol. The zero-order valence-corrected chi connectivity index (χ0v) is 7.89. The smallest absolute Gasteiger partial charge is 0.0716 e. The first-order chi connectivity index (χ1) is 5.25. The lowest BCUT2D eigenvalue weighted by molar-refractivity contribution is 0.656. The summed E-state index contributed by atoms with van der Waals surface area (Å²) >= 11 is 0. The summed E-state index contributed by atoms with van der Waals surface area (Å²) in [6.07, 6.45) is 0. The topological polar surface area (TPSA) is 12.0 Å². The van der Waals surface area contributed by atoms with Crippen molar-refractivity contribution < 1.29 is 0 Å². The molecule has 0 fully saturated rings. The summed E-state index contributed by atoms with van der Waals surface area (Å²) in [5.41, 5.74) is 1.30. The Kier molecular flexibility index (Phi) is 2.85. The normalized spacial score (nSPS) is 13.0. The zero-order chi connectivity index (χ0) is 8.27. The Morgan fingerprint density at radius 2 is 2.00 bits per heavy atom. The van der Waals surface area contributed by atoms with E-state index >= 15 is 0 Å². The minimum absolute atomic E-state index is 0.406. The average Bonchev–Trinajstić information content (AvgIpc) is 2.04. The molecule has 2 heteroatoms. The van der Waals surface area contributed by atoms with Gasteiger partial charge in [-0.3, -0.25) is 0 Å². The van der Waals surface area contributed by atoms with Crippen LogP contribution in [0.15, 0.2) is 24.3 Å². The van der Waals surface area contributed by atoms with Gasteiger partial charge in [0.15, 0.2) is 0 Å². The Balaban J connectivity index is 2.93. The lowest BCUT2D eigenvalue weighted by atomic mass is 10.1. The molecule has 0 aliphatic heterocycles. The number of hydrogen-bond donors (Lipinski definition) is 1. The van der Waals surface area contributed by atoms with Crippen molar-refractivity contribution in [2.24, 2.45) is 0 Å². The van der Waals surface area contributed by atoms with Gasteiger partial charge in [-0.1, -0.05) is 29.5 Å². The van der Waals surface area contributed by atoms with Gasteiger partial charge in [0.2, 0.25) is 0 Å². The maximum absolute atomic E-state index is 3.55. The molecule has 0 saturated carbocycles. The van der Waals surface area contributed by atoms with Crippen molar-refractivity contribution in [3.05, 3.63) is 29.8 Å². The van der Waals surface area contributed by atoms with Crippen LogP contribution in [0.25, 0.3) is 0 Å². The fraction of sp³-hybridized carbons (Fsp3) is 0.333. The Morgan fingerprint density at radius 3 is 2.55 bits per heavy atom. The molecular formula is C9H12NSi. The van der Waals surface area contributed by atoms with Gasteiger partial charge in [0, 0.05) is 6.04 Å². The Bertz CT molecular complexity index is 235. The van der Waals surface area contributed by atoms with Crippen LogP contribution in [0, 0.1) is 0 Å². The summed E-state index contributed by atoms with van der Waals surface area (Å²) in [5.74, 6) is 0. The lowest BCUT2D eigenvalue weighted by Gasteiger charge is -2.12. The maximum Gasteiger partial charge on any atom is 0.0716 e. The molecule has 1 aromatic carbocycles. The Labute approximate surface area is 71.2 Å². The van der Waals surface area contributed by atoms with Crippen LogP contribution in [0.3, 0.4) is 0 Å². The molecule has 1 rings (SSSR count). The molecule has 1 nitrogen and oxygen atoms in total. The molecule has 0 aromatic heterocycles. The van der Waals surface area contributed by atoms with Crippen LogP contribution >= 0.6 is 0 Å². The molecule has 1 atom stereocenters. The fourth-order valence-corrected chi connectivity index (χ4v) is 1.43. The highest BCUT2D eigenvalue weighted by atomic mass is 28.1. The quantitative estimate of drug-likeness (QED) is 0.633. The first kappa shape index (κ1) is 8.49. The third-order valence-corrected chi connectivity index (χ3v) is 2.32. The van der Waals surface area contributed by atoms with Gasteiger partial charge in [0.25, 0.3) is 0 Å². The van der Waals surface area contributed by atoms with E-state index in [9.17, 15) is 0 Å². The van der Waals surface area contributed by atoms with Crippen LogP contribution in [0.1, 0.15) is 18.5 Å². The molecule has 0 saturated heterocycles. The van der Waals surface area contributed by atoms with Crippen molar-refractivity contribution in [2.75, 3.05) is 7.05 Å². The van der Waals surface area contributed by atoms with E-state index in [0.29, 0.717) is 6.04 Å². The first-order valence-corrected chi connectivity index (χ1v) is 4.23. The SMILES string of the molecule is CNC(C)c1ccccc1[Si]. The second kappa shape index (κ2) is 3.69. The van der Waals surface area contributed by atoms with Crippen molar-refractivity contribution in [1.29, 1.82) is 0 Å². The fourth-order valence-electron chi connectivity index (χ4n) is 1.03. The molecule has 0 aliphatic rings. The van der Waals surface area contributed by atoms with Crippen LogP contribution in [0.5, 0.6) is 0 Å². The molecule has 1 aromatic rings. The van der Waals surface area contributed by atoms with Gasteiger partial charge in [-0.05, 0) is 19.5 Å². The molecular weight excluding hydrogens is 150 g/mol. The number of nitrogens with one attached hydrogen (secondary N) is 1. The van der Waals surface area contributed by atoms with Crippen LogP contribution in [0.2, 0.25) is 0 Å².